The summed E-state index contributed by atoms with van der Waals surface area (Å²) in [7, 11) is 0. The Morgan fingerprint density at radius 2 is 1.79 bits per heavy atom. The highest BCUT2D eigenvalue weighted by Gasteiger charge is 2.23. The van der Waals surface area contributed by atoms with Gasteiger partial charge in [0.2, 0.25) is 0 Å². The number of nitrogens with zero attached hydrogens (tertiary/aromatic N) is 1. The van der Waals surface area contributed by atoms with Gasteiger partial charge in [-0.2, -0.15) is 0 Å². The molecule has 0 amide bonds. The van der Waals surface area contributed by atoms with E-state index in [1.54, 1.807) is 11.3 Å². The second kappa shape index (κ2) is 6.43. The minimum absolute atomic E-state index is 0.648. The number of fused-ring (bicyclic) bond motifs is 1. The van der Waals surface area contributed by atoms with E-state index in [0.29, 0.717) is 13.2 Å². The molecule has 0 aliphatic carbocycles. The summed E-state index contributed by atoms with van der Waals surface area (Å²) in [5, 5.41) is 0. The van der Waals surface area contributed by atoms with Crippen molar-refractivity contribution in [1.82, 2.24) is 4.90 Å². The number of aryl methyl sites for hydroxylation is 1. The van der Waals surface area contributed by atoms with Crippen LogP contribution in [0.25, 0.3) is 0 Å². The van der Waals surface area contributed by atoms with E-state index in [4.69, 9.17) is 14.2 Å². The molecule has 0 unspecified atom stereocenters. The molecule has 0 aromatic carbocycles. The first-order chi connectivity index (χ1) is 9.34. The van der Waals surface area contributed by atoms with Gasteiger partial charge in [0.25, 0.3) is 0 Å². The first-order valence-electron chi connectivity index (χ1n) is 6.71. The maximum absolute atomic E-state index is 5.74. The predicted octanol–water partition coefficient (Wildman–Crippen LogP) is 2.55. The van der Waals surface area contributed by atoms with Gasteiger partial charge in [-0.15, -0.1) is 11.3 Å². The van der Waals surface area contributed by atoms with Crippen molar-refractivity contribution < 1.29 is 14.2 Å². The van der Waals surface area contributed by atoms with Crippen molar-refractivity contribution in [3.05, 3.63) is 8.66 Å². The normalized spacial score (nSPS) is 19.6. The van der Waals surface area contributed by atoms with Gasteiger partial charge >= 0.3 is 0 Å². The van der Waals surface area contributed by atoms with Gasteiger partial charge in [0.05, 0.1) is 18.1 Å². The first-order valence-corrected chi connectivity index (χ1v) is 8.32. The quantitative estimate of drug-likeness (QED) is 0.837. The van der Waals surface area contributed by atoms with E-state index < -0.39 is 0 Å². The molecule has 2 aliphatic rings. The van der Waals surface area contributed by atoms with Crippen molar-refractivity contribution in [1.29, 1.82) is 0 Å². The third kappa shape index (κ3) is 3.24. The molecule has 4 nitrogen and oxygen atoms in total. The Kier molecular flexibility index (Phi) is 4.63. The smallest absolute Gasteiger partial charge is 0.186 e. The van der Waals surface area contributed by atoms with Gasteiger partial charge in [0.15, 0.2) is 11.5 Å². The number of hydrogen-bond acceptors (Lipinski definition) is 5. The lowest BCUT2D eigenvalue weighted by Crippen LogP contribution is -2.36. The van der Waals surface area contributed by atoms with Gasteiger partial charge in [-0.1, -0.05) is 0 Å². The van der Waals surface area contributed by atoms with Gasteiger partial charge < -0.3 is 14.2 Å². The predicted molar refractivity (Wildman–Crippen MR) is 78.6 cm³/mol. The zero-order valence-electron chi connectivity index (χ0n) is 10.8. The highest BCUT2D eigenvalue weighted by atomic mass is 79.9. The third-order valence-corrected chi connectivity index (χ3v) is 5.26. The van der Waals surface area contributed by atoms with Crippen LogP contribution in [0, 0.1) is 0 Å². The summed E-state index contributed by atoms with van der Waals surface area (Å²) in [4.78, 5) is 3.77. The minimum Gasteiger partial charge on any atom is -0.485 e. The molecule has 1 saturated heterocycles. The monoisotopic (exact) mass is 347 g/mol. The van der Waals surface area contributed by atoms with Crippen LogP contribution in [0.2, 0.25) is 0 Å². The van der Waals surface area contributed by atoms with Gasteiger partial charge in [0.1, 0.15) is 17.0 Å². The van der Waals surface area contributed by atoms with Crippen LogP contribution in [-0.2, 0) is 11.2 Å². The number of hydrogen-bond donors (Lipinski definition) is 0. The molecule has 3 heterocycles. The van der Waals surface area contributed by atoms with Crippen LogP contribution in [0.4, 0.5) is 0 Å². The fourth-order valence-corrected chi connectivity index (χ4v) is 4.26. The fraction of sp³-hybridized carbons (Fsp3) is 0.692. The zero-order valence-corrected chi connectivity index (χ0v) is 13.2. The van der Waals surface area contributed by atoms with Crippen LogP contribution in [0.1, 0.15) is 11.3 Å². The minimum atomic E-state index is 0.648. The summed E-state index contributed by atoms with van der Waals surface area (Å²) in [5.41, 5.74) is 0. The van der Waals surface area contributed by atoms with E-state index in [1.807, 2.05) is 0 Å². The molecular weight excluding hydrogens is 330 g/mol. The lowest BCUT2D eigenvalue weighted by atomic mass is 10.2. The molecule has 1 aromatic heterocycles. The van der Waals surface area contributed by atoms with Crippen LogP contribution in [0.5, 0.6) is 11.5 Å². The standard InChI is InChI=1S/C13H18BrNO3S/c14-13-12-11(17-8-9-18-12)10(19-13)2-1-3-15-4-6-16-7-5-15/h1-9H2. The van der Waals surface area contributed by atoms with Gasteiger partial charge in [-0.25, -0.2) is 0 Å². The molecule has 3 rings (SSSR count). The van der Waals surface area contributed by atoms with Crippen LogP contribution in [0.15, 0.2) is 3.79 Å². The summed E-state index contributed by atoms with van der Waals surface area (Å²) in [6, 6.07) is 0. The van der Waals surface area contributed by atoms with Crippen LogP contribution in [-0.4, -0.2) is 51.0 Å². The number of ether oxygens (including phenoxy) is 3. The second-order valence-corrected chi connectivity index (χ2v) is 7.13. The fourth-order valence-electron chi connectivity index (χ4n) is 2.43. The maximum Gasteiger partial charge on any atom is 0.186 e. The highest BCUT2D eigenvalue weighted by molar-refractivity contribution is 9.11. The Balaban J connectivity index is 1.55. The summed E-state index contributed by atoms with van der Waals surface area (Å²) >= 11 is 5.30. The second-order valence-electron chi connectivity index (χ2n) is 4.71. The Labute approximate surface area is 125 Å². The average Bonchev–Trinajstić information content (AvgIpc) is 2.78. The van der Waals surface area contributed by atoms with Crippen LogP contribution < -0.4 is 9.47 Å². The number of rotatable bonds is 4. The maximum atomic E-state index is 5.74. The number of morpholine rings is 1. The van der Waals surface area contributed by atoms with E-state index in [9.17, 15) is 0 Å². The van der Waals surface area contributed by atoms with Crippen molar-refractivity contribution >= 4 is 27.3 Å². The van der Waals surface area contributed by atoms with Crippen LogP contribution in [0.3, 0.4) is 0 Å². The molecule has 6 heteroatoms. The van der Waals surface area contributed by atoms with E-state index in [0.717, 1.165) is 61.0 Å². The van der Waals surface area contributed by atoms with Gasteiger partial charge in [0, 0.05) is 13.1 Å². The molecule has 1 aromatic rings. The summed E-state index contributed by atoms with van der Waals surface area (Å²) in [6.45, 7) is 6.31. The van der Waals surface area contributed by atoms with Crippen molar-refractivity contribution in [3.8, 4) is 11.5 Å². The summed E-state index contributed by atoms with van der Waals surface area (Å²) < 4.78 is 17.8. The molecule has 1 fully saturated rings. The van der Waals surface area contributed by atoms with Crippen molar-refractivity contribution in [2.45, 2.75) is 12.8 Å². The Morgan fingerprint density at radius 1 is 1.05 bits per heavy atom. The van der Waals surface area contributed by atoms with Gasteiger partial charge in [-0.3, -0.25) is 4.90 Å². The molecule has 0 saturated carbocycles. The topological polar surface area (TPSA) is 30.9 Å². The van der Waals surface area contributed by atoms with E-state index >= 15 is 0 Å². The molecule has 2 aliphatic heterocycles. The molecule has 106 valence electrons. The Bertz CT molecular complexity index is 432. The Morgan fingerprint density at radius 3 is 2.58 bits per heavy atom. The lowest BCUT2D eigenvalue weighted by molar-refractivity contribution is 0.0374. The zero-order chi connectivity index (χ0) is 13.1. The van der Waals surface area contributed by atoms with Crippen molar-refractivity contribution in [2.24, 2.45) is 0 Å². The summed E-state index contributed by atoms with van der Waals surface area (Å²) in [5.74, 6) is 1.86. The van der Waals surface area contributed by atoms with E-state index in [-0.39, 0.29) is 0 Å². The number of thiophene rings is 1. The molecule has 19 heavy (non-hydrogen) atoms. The summed E-state index contributed by atoms with van der Waals surface area (Å²) in [6.07, 6.45) is 2.21. The Hall–Kier alpha value is -0.300. The molecule has 0 radical (unpaired) electrons. The first kappa shape index (κ1) is 13.7. The average molecular weight is 348 g/mol. The molecule has 0 atom stereocenters. The van der Waals surface area contributed by atoms with E-state index in [2.05, 4.69) is 20.8 Å². The largest absolute Gasteiger partial charge is 0.485 e. The SMILES string of the molecule is Brc1sc(CCCN2CCOCC2)c2c1OCCO2. The molecular formula is C13H18BrNO3S. The third-order valence-electron chi connectivity index (χ3n) is 3.41. The lowest BCUT2D eigenvalue weighted by Gasteiger charge is -2.26. The van der Waals surface area contributed by atoms with Gasteiger partial charge in [-0.05, 0) is 35.3 Å². The molecule has 0 spiro atoms. The molecule has 0 bridgehead atoms. The van der Waals surface area contributed by atoms with Crippen molar-refractivity contribution in [2.75, 3.05) is 46.1 Å². The highest BCUT2D eigenvalue weighted by Crippen LogP contribution is 2.47. The molecule has 0 N–H and O–H groups in total. The number of halogens is 1. The van der Waals surface area contributed by atoms with Crippen molar-refractivity contribution in [3.63, 3.8) is 0 Å². The van der Waals surface area contributed by atoms with Crippen LogP contribution >= 0.6 is 27.3 Å². The van der Waals surface area contributed by atoms with E-state index in [1.165, 1.54) is 4.88 Å².